The first-order chi connectivity index (χ1) is 6.74. The first-order valence-electron chi connectivity index (χ1n) is 4.65. The van der Waals surface area contributed by atoms with Crippen molar-refractivity contribution in [1.29, 1.82) is 0 Å². The van der Waals surface area contributed by atoms with Crippen molar-refractivity contribution >= 4 is 17.4 Å². The molecule has 0 aromatic heterocycles. The fourth-order valence-electron chi connectivity index (χ4n) is 0.917. The van der Waals surface area contributed by atoms with Crippen LogP contribution in [-0.4, -0.2) is 38.8 Å². The van der Waals surface area contributed by atoms with Gasteiger partial charge in [-0.25, -0.2) is 0 Å². The molecule has 0 rings (SSSR count). The molecule has 0 saturated heterocycles. The summed E-state index contributed by atoms with van der Waals surface area (Å²) >= 11 is 5.54. The maximum Gasteiger partial charge on any atom is 0.176 e. The van der Waals surface area contributed by atoms with Crippen molar-refractivity contribution in [2.24, 2.45) is 10.7 Å². The molecule has 0 aromatic rings. The second-order valence-electron chi connectivity index (χ2n) is 2.88. The maximum absolute atomic E-state index is 5.67. The standard InChI is InChI=1S/C9H19ClN2O2/c1-13-9(14-2)7-12-8(11)5-3-4-6-10/h9H,3-7H2,1-2H3,(H2,11,12). The molecule has 0 atom stereocenters. The molecule has 0 saturated carbocycles. The molecule has 84 valence electrons. The van der Waals surface area contributed by atoms with Gasteiger partial charge in [0.2, 0.25) is 0 Å². The molecule has 0 aliphatic rings. The first kappa shape index (κ1) is 13.7. The lowest BCUT2D eigenvalue weighted by molar-refractivity contribution is -0.0937. The summed E-state index contributed by atoms with van der Waals surface area (Å²) in [7, 11) is 3.15. The zero-order valence-electron chi connectivity index (χ0n) is 8.83. The van der Waals surface area contributed by atoms with Gasteiger partial charge in [-0.15, -0.1) is 11.6 Å². The Bertz CT molecular complexity index is 161. The Morgan fingerprint density at radius 3 is 2.50 bits per heavy atom. The predicted octanol–water partition coefficient (Wildman–Crippen LogP) is 1.37. The van der Waals surface area contributed by atoms with Gasteiger partial charge in [-0.2, -0.15) is 0 Å². The van der Waals surface area contributed by atoms with E-state index in [1.165, 1.54) is 0 Å². The summed E-state index contributed by atoms with van der Waals surface area (Å²) in [5.41, 5.74) is 5.67. The number of amidine groups is 1. The third-order valence-electron chi connectivity index (χ3n) is 1.79. The van der Waals surface area contributed by atoms with E-state index in [1.807, 2.05) is 0 Å². The fraction of sp³-hybridized carbons (Fsp3) is 0.889. The average Bonchev–Trinajstić information content (AvgIpc) is 2.20. The Morgan fingerprint density at radius 2 is 2.00 bits per heavy atom. The molecule has 0 spiro atoms. The van der Waals surface area contributed by atoms with Crippen LogP contribution in [0.15, 0.2) is 4.99 Å². The molecule has 2 N–H and O–H groups in total. The summed E-state index contributed by atoms with van der Waals surface area (Å²) in [6, 6.07) is 0. The quantitative estimate of drug-likeness (QED) is 0.222. The van der Waals surface area contributed by atoms with Gasteiger partial charge in [-0.3, -0.25) is 4.99 Å². The van der Waals surface area contributed by atoms with Gasteiger partial charge in [0.05, 0.1) is 12.4 Å². The van der Waals surface area contributed by atoms with E-state index < -0.39 is 0 Å². The molecule has 4 nitrogen and oxygen atoms in total. The largest absolute Gasteiger partial charge is 0.387 e. The second-order valence-corrected chi connectivity index (χ2v) is 3.26. The highest BCUT2D eigenvalue weighted by molar-refractivity contribution is 6.17. The minimum absolute atomic E-state index is 0.304. The van der Waals surface area contributed by atoms with Crippen molar-refractivity contribution in [2.45, 2.75) is 25.6 Å². The number of aliphatic imine (C=N–C) groups is 1. The lowest BCUT2D eigenvalue weighted by Crippen LogP contribution is -2.20. The summed E-state index contributed by atoms with van der Waals surface area (Å²) in [6.45, 7) is 0.444. The van der Waals surface area contributed by atoms with E-state index in [9.17, 15) is 0 Å². The van der Waals surface area contributed by atoms with E-state index >= 15 is 0 Å². The predicted molar refractivity (Wildman–Crippen MR) is 58.9 cm³/mol. The van der Waals surface area contributed by atoms with E-state index in [0.29, 0.717) is 18.3 Å². The first-order valence-corrected chi connectivity index (χ1v) is 5.18. The SMILES string of the molecule is COC(CN=C(N)CCCCCl)OC. The number of unbranched alkanes of at least 4 members (excludes halogenated alkanes) is 1. The summed E-state index contributed by atoms with van der Waals surface area (Å²) in [4.78, 5) is 4.14. The second kappa shape index (κ2) is 9.24. The third-order valence-corrected chi connectivity index (χ3v) is 2.05. The summed E-state index contributed by atoms with van der Waals surface area (Å²) < 4.78 is 9.94. The van der Waals surface area contributed by atoms with Gasteiger partial charge < -0.3 is 15.2 Å². The van der Waals surface area contributed by atoms with Gasteiger partial charge in [-0.1, -0.05) is 0 Å². The number of hydrogen-bond donors (Lipinski definition) is 1. The lowest BCUT2D eigenvalue weighted by atomic mass is 10.2. The van der Waals surface area contributed by atoms with Gasteiger partial charge in [0, 0.05) is 26.5 Å². The van der Waals surface area contributed by atoms with Crippen LogP contribution in [-0.2, 0) is 9.47 Å². The zero-order valence-corrected chi connectivity index (χ0v) is 9.59. The van der Waals surface area contributed by atoms with Crippen molar-refractivity contribution in [3.8, 4) is 0 Å². The van der Waals surface area contributed by atoms with Gasteiger partial charge in [0.1, 0.15) is 0 Å². The Labute approximate surface area is 90.4 Å². The smallest absolute Gasteiger partial charge is 0.176 e. The van der Waals surface area contributed by atoms with Crippen LogP contribution < -0.4 is 5.73 Å². The molecule has 0 amide bonds. The molecule has 0 fully saturated rings. The molecule has 5 heteroatoms. The average molecular weight is 223 g/mol. The van der Waals surface area contributed by atoms with Crippen LogP contribution >= 0.6 is 11.6 Å². The molecule has 0 aliphatic heterocycles. The van der Waals surface area contributed by atoms with Crippen molar-refractivity contribution in [3.05, 3.63) is 0 Å². The van der Waals surface area contributed by atoms with Gasteiger partial charge >= 0.3 is 0 Å². The zero-order chi connectivity index (χ0) is 10.8. The van der Waals surface area contributed by atoms with Gasteiger partial charge in [0.15, 0.2) is 6.29 Å². The number of hydrogen-bond acceptors (Lipinski definition) is 3. The van der Waals surface area contributed by atoms with Gasteiger partial charge in [0.25, 0.3) is 0 Å². The number of ether oxygens (including phenoxy) is 2. The van der Waals surface area contributed by atoms with Crippen LogP contribution in [0.3, 0.4) is 0 Å². The molecule has 0 aliphatic carbocycles. The molecule has 0 aromatic carbocycles. The number of alkyl halides is 1. The summed E-state index contributed by atoms with van der Waals surface area (Å²) in [5, 5.41) is 0. The monoisotopic (exact) mass is 222 g/mol. The summed E-state index contributed by atoms with van der Waals surface area (Å²) in [5.74, 6) is 1.31. The van der Waals surface area contributed by atoms with E-state index in [0.717, 1.165) is 19.3 Å². The summed E-state index contributed by atoms with van der Waals surface area (Å²) in [6.07, 6.45) is 2.42. The molecular weight excluding hydrogens is 204 g/mol. The number of nitrogens with two attached hydrogens (primary N) is 1. The van der Waals surface area contributed by atoms with Crippen LogP contribution in [0.25, 0.3) is 0 Å². The molecular formula is C9H19ClN2O2. The van der Waals surface area contributed by atoms with E-state index in [1.54, 1.807) is 14.2 Å². The van der Waals surface area contributed by atoms with Crippen LogP contribution in [0.5, 0.6) is 0 Å². The molecule has 14 heavy (non-hydrogen) atoms. The van der Waals surface area contributed by atoms with Crippen LogP contribution in [0, 0.1) is 0 Å². The van der Waals surface area contributed by atoms with E-state index in [2.05, 4.69) is 4.99 Å². The van der Waals surface area contributed by atoms with E-state index in [4.69, 9.17) is 26.8 Å². The van der Waals surface area contributed by atoms with Gasteiger partial charge in [-0.05, 0) is 12.8 Å². The third kappa shape index (κ3) is 7.12. The number of nitrogens with zero attached hydrogens (tertiary/aromatic N) is 1. The lowest BCUT2D eigenvalue weighted by Gasteiger charge is -2.10. The van der Waals surface area contributed by atoms with Crippen molar-refractivity contribution in [3.63, 3.8) is 0 Å². The fourth-order valence-corrected chi connectivity index (χ4v) is 1.11. The molecule has 0 bridgehead atoms. The number of methoxy groups -OCH3 is 2. The van der Waals surface area contributed by atoms with Crippen molar-refractivity contribution in [2.75, 3.05) is 26.6 Å². The van der Waals surface area contributed by atoms with Crippen LogP contribution in [0.2, 0.25) is 0 Å². The molecule has 0 heterocycles. The maximum atomic E-state index is 5.67. The van der Waals surface area contributed by atoms with Crippen molar-refractivity contribution < 1.29 is 9.47 Å². The highest BCUT2D eigenvalue weighted by Gasteiger charge is 2.02. The Hall–Kier alpha value is -0.320. The van der Waals surface area contributed by atoms with Crippen LogP contribution in [0.1, 0.15) is 19.3 Å². The number of rotatable bonds is 8. The minimum Gasteiger partial charge on any atom is -0.387 e. The van der Waals surface area contributed by atoms with Crippen LogP contribution in [0.4, 0.5) is 0 Å². The number of halogens is 1. The minimum atomic E-state index is -0.304. The Balaban J connectivity index is 3.63. The normalized spacial score (nSPS) is 12.4. The van der Waals surface area contributed by atoms with E-state index in [-0.39, 0.29) is 6.29 Å². The highest BCUT2D eigenvalue weighted by atomic mass is 35.5. The molecule has 0 unspecified atom stereocenters. The highest BCUT2D eigenvalue weighted by Crippen LogP contribution is 1.98. The topological polar surface area (TPSA) is 56.8 Å². The van der Waals surface area contributed by atoms with Crippen molar-refractivity contribution in [1.82, 2.24) is 0 Å². The Morgan fingerprint density at radius 1 is 1.36 bits per heavy atom. The molecule has 0 radical (unpaired) electrons. The Kier molecular flexibility index (Phi) is 9.03.